The molecule has 0 aliphatic rings. The van der Waals surface area contributed by atoms with Gasteiger partial charge in [0, 0.05) is 29.1 Å². The molecule has 47 heavy (non-hydrogen) atoms. The number of hydrogen-bond acceptors (Lipinski definition) is 5. The van der Waals surface area contributed by atoms with Crippen molar-refractivity contribution in [1.82, 2.24) is 10.2 Å². The normalized spacial score (nSPS) is 12.5. The molecule has 4 aromatic carbocycles. The van der Waals surface area contributed by atoms with Crippen LogP contribution >= 0.6 is 23.2 Å². The van der Waals surface area contributed by atoms with Crippen LogP contribution in [0.25, 0.3) is 0 Å². The lowest BCUT2D eigenvalue weighted by atomic mass is 10.0. The van der Waals surface area contributed by atoms with E-state index in [1.807, 2.05) is 44.2 Å². The minimum atomic E-state index is -4.28. The molecule has 11 heteroatoms. The van der Waals surface area contributed by atoms with Gasteiger partial charge in [0.1, 0.15) is 18.3 Å². The number of carbonyl (C=O) groups is 2. The number of para-hydroxylation sites is 2. The Morgan fingerprint density at radius 1 is 0.872 bits per heavy atom. The molecule has 0 unspecified atom stereocenters. The number of nitrogens with one attached hydrogen (secondary N) is 1. The lowest BCUT2D eigenvalue weighted by Gasteiger charge is -2.34. The van der Waals surface area contributed by atoms with E-state index < -0.39 is 28.5 Å². The fourth-order valence-electron chi connectivity index (χ4n) is 5.00. The maximum Gasteiger partial charge on any atom is 0.264 e. The lowest BCUT2D eigenvalue weighted by Crippen LogP contribution is -2.54. The van der Waals surface area contributed by atoms with Gasteiger partial charge in [0.25, 0.3) is 10.0 Å². The number of ether oxygens (including phenoxy) is 1. The van der Waals surface area contributed by atoms with Crippen molar-refractivity contribution in [2.75, 3.05) is 17.5 Å². The van der Waals surface area contributed by atoms with E-state index in [-0.39, 0.29) is 42.1 Å². The van der Waals surface area contributed by atoms with Crippen LogP contribution in [0.1, 0.15) is 38.3 Å². The zero-order valence-electron chi connectivity index (χ0n) is 26.6. The molecule has 248 valence electrons. The van der Waals surface area contributed by atoms with Crippen LogP contribution < -0.4 is 14.4 Å². The van der Waals surface area contributed by atoms with E-state index in [9.17, 15) is 18.0 Å². The first-order chi connectivity index (χ1) is 22.5. The molecule has 4 rings (SSSR count). The predicted octanol–water partition coefficient (Wildman–Crippen LogP) is 7.14. The Bertz CT molecular complexity index is 1760. The molecule has 0 aromatic heterocycles. The second kappa shape index (κ2) is 16.7. The van der Waals surface area contributed by atoms with Crippen LogP contribution in [0.5, 0.6) is 5.75 Å². The first kappa shape index (κ1) is 35.8. The van der Waals surface area contributed by atoms with Gasteiger partial charge in [-0.15, -0.1) is 0 Å². The number of benzene rings is 4. The summed E-state index contributed by atoms with van der Waals surface area (Å²) < 4.78 is 35.4. The Balaban J connectivity index is 1.86. The van der Waals surface area contributed by atoms with Crippen molar-refractivity contribution < 1.29 is 22.7 Å². The Kier molecular flexibility index (Phi) is 12.7. The monoisotopic (exact) mass is 695 g/mol. The number of carbonyl (C=O) groups excluding carboxylic acids is 2. The maximum atomic E-state index is 14.7. The molecule has 0 aliphatic carbocycles. The number of sulfonamides is 1. The maximum absolute atomic E-state index is 14.7. The average molecular weight is 697 g/mol. The largest absolute Gasteiger partial charge is 0.492 e. The molecule has 0 bridgehead atoms. The van der Waals surface area contributed by atoms with Gasteiger partial charge < -0.3 is 15.0 Å². The molecule has 0 spiro atoms. The van der Waals surface area contributed by atoms with Crippen molar-refractivity contribution in [1.29, 1.82) is 0 Å². The SMILES string of the molecule is CCOc1ccccc1N(CC(=O)N(Cc1ccc(Cl)cc1Cl)[C@H](Cc1ccccc1)C(=O)N[C@@H](C)CC)S(=O)(=O)c1ccccc1. The predicted molar refractivity (Wildman–Crippen MR) is 187 cm³/mol. The summed E-state index contributed by atoms with van der Waals surface area (Å²) in [5, 5.41) is 3.75. The number of hydrogen-bond donors (Lipinski definition) is 1. The third-order valence-electron chi connectivity index (χ3n) is 7.67. The van der Waals surface area contributed by atoms with Gasteiger partial charge in [-0.05, 0) is 67.8 Å². The van der Waals surface area contributed by atoms with Crippen molar-refractivity contribution in [3.05, 3.63) is 124 Å². The third kappa shape index (κ3) is 9.28. The summed E-state index contributed by atoms with van der Waals surface area (Å²) >= 11 is 12.8. The molecule has 0 saturated heterocycles. The molecule has 0 fully saturated rings. The smallest absolute Gasteiger partial charge is 0.264 e. The summed E-state index contributed by atoms with van der Waals surface area (Å²) in [6, 6.07) is 27.6. The van der Waals surface area contributed by atoms with Crippen LogP contribution in [0.4, 0.5) is 5.69 Å². The molecule has 2 amide bonds. The fraction of sp³-hybridized carbons (Fsp3) is 0.278. The van der Waals surface area contributed by atoms with Crippen LogP contribution in [0.2, 0.25) is 10.0 Å². The van der Waals surface area contributed by atoms with Crippen LogP contribution in [-0.2, 0) is 32.6 Å². The highest BCUT2D eigenvalue weighted by Crippen LogP contribution is 2.33. The number of anilines is 1. The van der Waals surface area contributed by atoms with Crippen LogP contribution in [0.3, 0.4) is 0 Å². The summed E-state index contributed by atoms with van der Waals surface area (Å²) in [5.41, 5.74) is 1.57. The summed E-state index contributed by atoms with van der Waals surface area (Å²) in [6.45, 7) is 5.22. The van der Waals surface area contributed by atoms with E-state index in [2.05, 4.69) is 5.32 Å². The zero-order chi connectivity index (χ0) is 34.0. The molecular weight excluding hydrogens is 657 g/mol. The van der Waals surface area contributed by atoms with Gasteiger partial charge in [-0.2, -0.15) is 0 Å². The summed E-state index contributed by atoms with van der Waals surface area (Å²) in [6.07, 6.45) is 0.860. The molecule has 4 aromatic rings. The Morgan fingerprint density at radius 2 is 1.51 bits per heavy atom. The van der Waals surface area contributed by atoms with E-state index in [0.29, 0.717) is 27.8 Å². The fourth-order valence-corrected chi connectivity index (χ4v) is 6.92. The standard InChI is InChI=1S/C36H39Cl2N3O5S/c1-4-26(3)39-36(43)33(22-27-14-8-6-9-15-27)40(24-28-20-21-29(37)23-31(28)38)35(42)25-41(32-18-12-13-19-34(32)46-5-2)47(44,45)30-16-10-7-11-17-30/h6-21,23,26,33H,4-5,22,24-25H2,1-3H3,(H,39,43)/t26-,33+/m0/s1. The molecule has 0 aliphatic heterocycles. The van der Waals surface area contributed by atoms with E-state index in [4.69, 9.17) is 27.9 Å². The van der Waals surface area contributed by atoms with Crippen molar-refractivity contribution in [2.45, 2.75) is 57.1 Å². The zero-order valence-corrected chi connectivity index (χ0v) is 28.9. The first-order valence-corrected chi connectivity index (χ1v) is 17.6. The number of rotatable bonds is 15. The van der Waals surface area contributed by atoms with E-state index >= 15 is 0 Å². The molecular formula is C36H39Cl2N3O5S. The minimum absolute atomic E-state index is 0.00162. The van der Waals surface area contributed by atoms with E-state index in [1.54, 1.807) is 67.6 Å². The second-order valence-corrected chi connectivity index (χ2v) is 13.7. The van der Waals surface area contributed by atoms with Crippen molar-refractivity contribution >= 4 is 50.7 Å². The van der Waals surface area contributed by atoms with Crippen molar-refractivity contribution in [3.8, 4) is 5.75 Å². The molecule has 2 atom stereocenters. The van der Waals surface area contributed by atoms with Gasteiger partial charge in [0.15, 0.2) is 0 Å². The molecule has 0 heterocycles. The van der Waals surface area contributed by atoms with Crippen LogP contribution in [0.15, 0.2) is 108 Å². The molecule has 0 radical (unpaired) electrons. The highest BCUT2D eigenvalue weighted by molar-refractivity contribution is 7.92. The lowest BCUT2D eigenvalue weighted by molar-refractivity contribution is -0.140. The first-order valence-electron chi connectivity index (χ1n) is 15.4. The second-order valence-electron chi connectivity index (χ2n) is 11.0. The van der Waals surface area contributed by atoms with Gasteiger partial charge >= 0.3 is 0 Å². The number of halogens is 2. The highest BCUT2D eigenvalue weighted by Gasteiger charge is 2.36. The van der Waals surface area contributed by atoms with Crippen LogP contribution in [0, 0.1) is 0 Å². The minimum Gasteiger partial charge on any atom is -0.492 e. The summed E-state index contributed by atoms with van der Waals surface area (Å²) in [7, 11) is -4.28. The van der Waals surface area contributed by atoms with Gasteiger partial charge in [-0.25, -0.2) is 8.42 Å². The molecule has 0 saturated carbocycles. The van der Waals surface area contributed by atoms with Crippen LogP contribution in [-0.4, -0.2) is 50.4 Å². The van der Waals surface area contributed by atoms with Crippen molar-refractivity contribution in [2.24, 2.45) is 0 Å². The number of nitrogens with zero attached hydrogens (tertiary/aromatic N) is 2. The summed E-state index contributed by atoms with van der Waals surface area (Å²) in [5.74, 6) is -0.680. The van der Waals surface area contributed by atoms with Gasteiger partial charge in [0.2, 0.25) is 11.8 Å². The topological polar surface area (TPSA) is 96.0 Å². The van der Waals surface area contributed by atoms with Gasteiger partial charge in [-0.1, -0.05) is 96.9 Å². The third-order valence-corrected chi connectivity index (χ3v) is 10.0. The molecule has 1 N–H and O–H groups in total. The Labute approximate surface area is 287 Å². The quantitative estimate of drug-likeness (QED) is 0.143. The van der Waals surface area contributed by atoms with Gasteiger partial charge in [0.05, 0.1) is 17.2 Å². The molecule has 8 nitrogen and oxygen atoms in total. The number of amides is 2. The highest BCUT2D eigenvalue weighted by atomic mass is 35.5. The Morgan fingerprint density at radius 3 is 2.15 bits per heavy atom. The summed E-state index contributed by atoms with van der Waals surface area (Å²) in [4.78, 5) is 30.1. The van der Waals surface area contributed by atoms with Crippen molar-refractivity contribution in [3.63, 3.8) is 0 Å². The average Bonchev–Trinajstić information content (AvgIpc) is 3.07. The van der Waals surface area contributed by atoms with E-state index in [1.165, 1.54) is 17.0 Å². The van der Waals surface area contributed by atoms with Gasteiger partial charge in [-0.3, -0.25) is 13.9 Å². The van der Waals surface area contributed by atoms with E-state index in [0.717, 1.165) is 9.87 Å². The Hall–Kier alpha value is -4.05.